The van der Waals surface area contributed by atoms with Crippen molar-refractivity contribution in [3.8, 4) is 0 Å². The zero-order valence-electron chi connectivity index (χ0n) is 15.4. The summed E-state index contributed by atoms with van der Waals surface area (Å²) in [5.74, 6) is -0.0963. The average molecular weight is 399 g/mol. The number of carbonyl (C=O) groups excluding carboxylic acids is 1. The Kier molecular flexibility index (Phi) is 4.68. The van der Waals surface area contributed by atoms with Crippen molar-refractivity contribution < 1.29 is 13.2 Å². The number of aromatic nitrogens is 2. The zero-order valence-corrected chi connectivity index (χ0v) is 16.3. The highest BCUT2D eigenvalue weighted by atomic mass is 32.2. The maximum Gasteiger partial charge on any atom is 0.323 e. The molecule has 1 aliphatic heterocycles. The van der Waals surface area contributed by atoms with Crippen molar-refractivity contribution in [2.24, 2.45) is 5.92 Å². The predicted octanol–water partition coefficient (Wildman–Crippen LogP) is 2.45. The van der Waals surface area contributed by atoms with Crippen LogP contribution in [0.15, 0.2) is 52.2 Å². The summed E-state index contributed by atoms with van der Waals surface area (Å²) in [6.45, 7) is 2.57. The highest BCUT2D eigenvalue weighted by molar-refractivity contribution is 7.89. The van der Waals surface area contributed by atoms with E-state index in [2.05, 4.69) is 9.97 Å². The number of aromatic amines is 2. The van der Waals surface area contributed by atoms with Crippen LogP contribution in [0.5, 0.6) is 0 Å². The first kappa shape index (κ1) is 18.6. The number of aryl methyl sites for hydroxylation is 1. The fourth-order valence-electron chi connectivity index (χ4n) is 3.63. The van der Waals surface area contributed by atoms with E-state index in [0.717, 1.165) is 5.56 Å². The molecule has 7 nitrogen and oxygen atoms in total. The molecule has 0 spiro atoms. The SMILES string of the molecule is Cc1ccc(C(=O)C2CCN(S(=O)(=O)c3ccc4[nH]c(=O)[nH]c4c3)CC2)cc1. The highest BCUT2D eigenvalue weighted by Crippen LogP contribution is 2.27. The number of hydrogen-bond donors (Lipinski definition) is 2. The van der Waals surface area contributed by atoms with Crippen molar-refractivity contribution >= 4 is 26.8 Å². The lowest BCUT2D eigenvalue weighted by atomic mass is 9.89. The van der Waals surface area contributed by atoms with Crippen molar-refractivity contribution in [3.05, 3.63) is 64.1 Å². The number of H-pyrrole nitrogens is 2. The van der Waals surface area contributed by atoms with Gasteiger partial charge >= 0.3 is 5.69 Å². The molecular formula is C20H21N3O4S. The van der Waals surface area contributed by atoms with Crippen LogP contribution in [0.3, 0.4) is 0 Å². The zero-order chi connectivity index (χ0) is 19.9. The maximum absolute atomic E-state index is 13.0. The third-order valence-electron chi connectivity index (χ3n) is 5.29. The molecule has 0 radical (unpaired) electrons. The summed E-state index contributed by atoms with van der Waals surface area (Å²) >= 11 is 0. The van der Waals surface area contributed by atoms with Gasteiger partial charge in [0.2, 0.25) is 10.0 Å². The van der Waals surface area contributed by atoms with Gasteiger partial charge in [-0.05, 0) is 38.0 Å². The van der Waals surface area contributed by atoms with Crippen LogP contribution < -0.4 is 5.69 Å². The van der Waals surface area contributed by atoms with Crippen LogP contribution in [0.1, 0.15) is 28.8 Å². The molecule has 0 atom stereocenters. The predicted molar refractivity (Wildman–Crippen MR) is 106 cm³/mol. The van der Waals surface area contributed by atoms with Gasteiger partial charge in [0, 0.05) is 24.6 Å². The highest BCUT2D eigenvalue weighted by Gasteiger charge is 2.32. The number of fused-ring (bicyclic) bond motifs is 1. The molecule has 1 aliphatic rings. The summed E-state index contributed by atoms with van der Waals surface area (Å²) in [7, 11) is -3.68. The van der Waals surface area contributed by atoms with Crippen molar-refractivity contribution in [2.75, 3.05) is 13.1 Å². The summed E-state index contributed by atoms with van der Waals surface area (Å²) in [4.78, 5) is 29.4. The topological polar surface area (TPSA) is 103 Å². The van der Waals surface area contributed by atoms with E-state index in [4.69, 9.17) is 0 Å². The van der Waals surface area contributed by atoms with Gasteiger partial charge in [-0.2, -0.15) is 4.31 Å². The molecule has 1 aromatic heterocycles. The number of rotatable bonds is 4. The molecule has 3 aromatic rings. The van der Waals surface area contributed by atoms with Crippen molar-refractivity contribution in [1.82, 2.24) is 14.3 Å². The largest absolute Gasteiger partial charge is 0.323 e. The molecule has 0 unspecified atom stereocenters. The van der Waals surface area contributed by atoms with Gasteiger partial charge in [-0.1, -0.05) is 29.8 Å². The minimum absolute atomic E-state index is 0.0726. The van der Waals surface area contributed by atoms with E-state index >= 15 is 0 Å². The van der Waals surface area contributed by atoms with Gasteiger partial charge < -0.3 is 9.97 Å². The fourth-order valence-corrected chi connectivity index (χ4v) is 5.13. The summed E-state index contributed by atoms with van der Waals surface area (Å²) in [5, 5.41) is 0. The second-order valence-electron chi connectivity index (χ2n) is 7.20. The number of hydrogen-bond acceptors (Lipinski definition) is 4. The van der Waals surface area contributed by atoms with Gasteiger partial charge in [-0.15, -0.1) is 0 Å². The molecule has 1 fully saturated rings. The van der Waals surface area contributed by atoms with Crippen LogP contribution >= 0.6 is 0 Å². The van der Waals surface area contributed by atoms with Crippen LogP contribution in [-0.4, -0.2) is 41.6 Å². The third-order valence-corrected chi connectivity index (χ3v) is 7.18. The molecule has 0 aliphatic carbocycles. The summed E-state index contributed by atoms with van der Waals surface area (Å²) in [6, 6.07) is 12.0. The Balaban J connectivity index is 1.49. The molecule has 0 saturated carbocycles. The average Bonchev–Trinajstić information content (AvgIpc) is 3.07. The van der Waals surface area contributed by atoms with Crippen LogP contribution in [-0.2, 0) is 10.0 Å². The standard InChI is InChI=1S/C20H21N3O4S/c1-13-2-4-14(5-3-13)19(24)15-8-10-23(11-9-15)28(26,27)16-6-7-17-18(12-16)22-20(25)21-17/h2-7,12,15H,8-11H2,1H3,(H2,21,22,25). The molecule has 1 saturated heterocycles. The number of piperidine rings is 1. The first-order chi connectivity index (χ1) is 13.3. The summed E-state index contributed by atoms with van der Waals surface area (Å²) in [5.41, 5.74) is 2.41. The first-order valence-corrected chi connectivity index (χ1v) is 10.6. The normalized spacial score (nSPS) is 16.5. The van der Waals surface area contributed by atoms with Crippen LogP contribution in [0.2, 0.25) is 0 Å². The second-order valence-corrected chi connectivity index (χ2v) is 9.13. The maximum atomic E-state index is 13.0. The number of ketones is 1. The molecule has 2 N–H and O–H groups in total. The summed E-state index contributed by atoms with van der Waals surface area (Å²) < 4.78 is 27.3. The Labute approximate surface area is 162 Å². The molecule has 146 valence electrons. The van der Waals surface area contributed by atoms with Crippen LogP contribution in [0.4, 0.5) is 0 Å². The van der Waals surface area contributed by atoms with Crippen molar-refractivity contribution in [1.29, 1.82) is 0 Å². The van der Waals surface area contributed by atoms with Gasteiger partial charge in [-0.3, -0.25) is 4.79 Å². The van der Waals surface area contributed by atoms with Gasteiger partial charge in [-0.25, -0.2) is 13.2 Å². The van der Waals surface area contributed by atoms with Crippen molar-refractivity contribution in [3.63, 3.8) is 0 Å². The number of nitrogens with zero attached hydrogens (tertiary/aromatic N) is 1. The molecule has 2 aromatic carbocycles. The molecule has 28 heavy (non-hydrogen) atoms. The van der Waals surface area contributed by atoms with E-state index in [9.17, 15) is 18.0 Å². The van der Waals surface area contributed by atoms with Gasteiger partial charge in [0.25, 0.3) is 0 Å². The van der Waals surface area contributed by atoms with E-state index in [0.29, 0.717) is 42.5 Å². The Bertz CT molecular complexity index is 1180. The lowest BCUT2D eigenvalue weighted by molar-refractivity contribution is 0.0875. The number of carbonyl (C=O) groups is 1. The van der Waals surface area contributed by atoms with Crippen molar-refractivity contribution in [2.45, 2.75) is 24.7 Å². The molecule has 8 heteroatoms. The van der Waals surface area contributed by atoms with Gasteiger partial charge in [0.05, 0.1) is 15.9 Å². The van der Waals surface area contributed by atoms with E-state index in [1.165, 1.54) is 16.4 Å². The summed E-state index contributed by atoms with van der Waals surface area (Å²) in [6.07, 6.45) is 0.990. The Morgan fingerprint density at radius 3 is 2.32 bits per heavy atom. The number of Topliss-reactive ketones (excluding diaryl/α,β-unsaturated/α-hetero) is 1. The Morgan fingerprint density at radius 2 is 1.64 bits per heavy atom. The second kappa shape index (κ2) is 7.03. The van der Waals surface area contributed by atoms with E-state index in [1.807, 2.05) is 31.2 Å². The van der Waals surface area contributed by atoms with E-state index in [-0.39, 0.29) is 22.3 Å². The van der Waals surface area contributed by atoms with Crippen LogP contribution in [0, 0.1) is 12.8 Å². The van der Waals surface area contributed by atoms with E-state index in [1.54, 1.807) is 6.07 Å². The Hall–Kier alpha value is -2.71. The van der Waals surface area contributed by atoms with Gasteiger partial charge in [0.1, 0.15) is 0 Å². The molecule has 0 amide bonds. The number of sulfonamides is 1. The molecule has 0 bridgehead atoms. The first-order valence-electron chi connectivity index (χ1n) is 9.18. The minimum Gasteiger partial charge on any atom is -0.306 e. The number of nitrogens with one attached hydrogen (secondary N) is 2. The molecular weight excluding hydrogens is 378 g/mol. The quantitative estimate of drug-likeness (QED) is 0.658. The number of imidazole rings is 1. The molecule has 2 heterocycles. The minimum atomic E-state index is -3.68. The third kappa shape index (κ3) is 3.41. The fraction of sp³-hybridized carbons (Fsp3) is 0.300. The Morgan fingerprint density at radius 1 is 1.00 bits per heavy atom. The van der Waals surface area contributed by atoms with Gasteiger partial charge in [0.15, 0.2) is 5.78 Å². The number of benzene rings is 2. The monoisotopic (exact) mass is 399 g/mol. The van der Waals surface area contributed by atoms with E-state index < -0.39 is 10.0 Å². The lowest BCUT2D eigenvalue weighted by Crippen LogP contribution is -2.40. The molecule has 4 rings (SSSR count). The van der Waals surface area contributed by atoms with Crippen LogP contribution in [0.25, 0.3) is 11.0 Å². The smallest absolute Gasteiger partial charge is 0.306 e. The lowest BCUT2D eigenvalue weighted by Gasteiger charge is -2.30.